The molecule has 0 saturated heterocycles. The van der Waals surface area contributed by atoms with Crippen LogP contribution in [-0.2, 0) is 9.84 Å². The topological polar surface area (TPSA) is 141 Å². The summed E-state index contributed by atoms with van der Waals surface area (Å²) in [6, 6.07) is 2.87. The van der Waals surface area contributed by atoms with Gasteiger partial charge in [-0.15, -0.1) is 0 Å². The van der Waals surface area contributed by atoms with E-state index in [2.05, 4.69) is 20.4 Å². The van der Waals surface area contributed by atoms with Crippen molar-refractivity contribution in [3.8, 4) is 0 Å². The maximum absolute atomic E-state index is 14.5. The SMILES string of the molecule is Cc1nc(C(=O)Nc2ccc(F)c(C3CS(=O)(=O)C4(CCCC4)C(N)=N3)c2)no1. The third-order valence-corrected chi connectivity index (χ3v) is 8.05. The molecular weight excluding hydrogens is 401 g/mol. The number of nitrogens with one attached hydrogen (secondary N) is 1. The molecule has 1 aliphatic carbocycles. The number of carbonyl (C=O) groups is 1. The van der Waals surface area contributed by atoms with E-state index in [-0.39, 0.29) is 34.6 Å². The zero-order valence-electron chi connectivity index (χ0n) is 15.7. The molecule has 2 heterocycles. The monoisotopic (exact) mass is 421 g/mol. The van der Waals surface area contributed by atoms with Crippen molar-refractivity contribution in [3.63, 3.8) is 0 Å². The molecule has 1 amide bonds. The number of rotatable bonds is 3. The molecule has 9 nitrogen and oxygen atoms in total. The van der Waals surface area contributed by atoms with Gasteiger partial charge < -0.3 is 15.6 Å². The number of aryl methyl sites for hydroxylation is 1. The van der Waals surface area contributed by atoms with Gasteiger partial charge in [-0.1, -0.05) is 18.0 Å². The molecule has 1 aliphatic heterocycles. The third kappa shape index (κ3) is 3.28. The molecule has 4 rings (SSSR count). The number of sulfone groups is 1. The van der Waals surface area contributed by atoms with Gasteiger partial charge in [0.2, 0.25) is 5.89 Å². The highest BCUT2D eigenvalue weighted by Gasteiger charge is 2.52. The van der Waals surface area contributed by atoms with Crippen molar-refractivity contribution in [3.05, 3.63) is 41.3 Å². The molecule has 3 N–H and O–H groups in total. The van der Waals surface area contributed by atoms with Gasteiger partial charge in [0.1, 0.15) is 16.4 Å². The van der Waals surface area contributed by atoms with Crippen LogP contribution < -0.4 is 11.1 Å². The van der Waals surface area contributed by atoms with Crippen LogP contribution in [0.5, 0.6) is 0 Å². The standard InChI is InChI=1S/C18H20FN5O4S/c1-10-21-15(24-28-10)16(25)22-11-4-5-13(19)12(8-11)14-9-29(26,27)18(17(20)23-14)6-2-3-7-18/h4-5,8,14H,2-3,6-7,9H2,1H3,(H2,20,23)(H,22,25). The predicted molar refractivity (Wildman–Crippen MR) is 103 cm³/mol. The summed E-state index contributed by atoms with van der Waals surface area (Å²) in [6.45, 7) is 1.54. The van der Waals surface area contributed by atoms with Crippen LogP contribution in [0.25, 0.3) is 0 Å². The number of anilines is 1. The van der Waals surface area contributed by atoms with Crippen molar-refractivity contribution >= 4 is 27.3 Å². The largest absolute Gasteiger partial charge is 0.386 e. The number of amides is 1. The van der Waals surface area contributed by atoms with E-state index in [0.717, 1.165) is 18.9 Å². The van der Waals surface area contributed by atoms with Crippen LogP contribution in [0, 0.1) is 12.7 Å². The molecule has 0 bridgehead atoms. The van der Waals surface area contributed by atoms with Gasteiger partial charge in [-0.05, 0) is 31.0 Å². The lowest BCUT2D eigenvalue weighted by Gasteiger charge is -2.34. The maximum Gasteiger partial charge on any atom is 0.297 e. The first-order valence-corrected chi connectivity index (χ1v) is 10.8. The van der Waals surface area contributed by atoms with Gasteiger partial charge in [0.15, 0.2) is 9.84 Å². The zero-order chi connectivity index (χ0) is 20.8. The first-order chi connectivity index (χ1) is 13.7. The van der Waals surface area contributed by atoms with Crippen LogP contribution in [0.4, 0.5) is 10.1 Å². The molecule has 0 radical (unpaired) electrons. The lowest BCUT2D eigenvalue weighted by Crippen LogP contribution is -2.53. The van der Waals surface area contributed by atoms with Gasteiger partial charge in [-0.25, -0.2) is 12.8 Å². The highest BCUT2D eigenvalue weighted by molar-refractivity contribution is 7.93. The molecule has 154 valence electrons. The second kappa shape index (κ2) is 6.90. The number of benzene rings is 1. The van der Waals surface area contributed by atoms with E-state index in [0.29, 0.717) is 12.8 Å². The molecule has 1 aromatic heterocycles. The van der Waals surface area contributed by atoms with Crippen molar-refractivity contribution in [1.82, 2.24) is 10.1 Å². The van der Waals surface area contributed by atoms with E-state index in [1.165, 1.54) is 12.1 Å². The molecule has 2 aliphatic rings. The number of aliphatic imine (C=N–C) groups is 1. The van der Waals surface area contributed by atoms with Gasteiger partial charge in [-0.2, -0.15) is 4.98 Å². The summed E-state index contributed by atoms with van der Waals surface area (Å²) in [7, 11) is -3.60. The Hall–Kier alpha value is -2.82. The average molecular weight is 421 g/mol. The number of carbonyl (C=O) groups excluding carboxylic acids is 1. The van der Waals surface area contributed by atoms with Gasteiger partial charge in [0, 0.05) is 18.2 Å². The average Bonchev–Trinajstić information content (AvgIpc) is 3.31. The summed E-state index contributed by atoms with van der Waals surface area (Å²) >= 11 is 0. The summed E-state index contributed by atoms with van der Waals surface area (Å²) < 4.78 is 44.1. The highest BCUT2D eigenvalue weighted by Crippen LogP contribution is 2.43. The summed E-state index contributed by atoms with van der Waals surface area (Å²) in [4.78, 5) is 20.4. The molecule has 29 heavy (non-hydrogen) atoms. The van der Waals surface area contributed by atoms with E-state index >= 15 is 0 Å². The number of halogens is 1. The fraction of sp³-hybridized carbons (Fsp3) is 0.444. The summed E-state index contributed by atoms with van der Waals surface area (Å²) in [5.74, 6) is -1.48. The van der Waals surface area contributed by atoms with Crippen LogP contribution in [0.15, 0.2) is 27.7 Å². The van der Waals surface area contributed by atoms with Crippen LogP contribution in [0.2, 0.25) is 0 Å². The Bertz CT molecular complexity index is 1110. The zero-order valence-corrected chi connectivity index (χ0v) is 16.5. The first kappa shape index (κ1) is 19.5. The van der Waals surface area contributed by atoms with Gasteiger partial charge in [0.25, 0.3) is 11.7 Å². The van der Waals surface area contributed by atoms with Gasteiger partial charge >= 0.3 is 0 Å². The number of nitrogens with zero attached hydrogens (tertiary/aromatic N) is 3. The Kier molecular flexibility index (Phi) is 4.64. The van der Waals surface area contributed by atoms with E-state index in [1.54, 1.807) is 6.92 Å². The summed E-state index contributed by atoms with van der Waals surface area (Å²) in [5.41, 5.74) is 6.38. The molecule has 2 aromatic rings. The van der Waals surface area contributed by atoms with Crippen molar-refractivity contribution in [2.75, 3.05) is 11.1 Å². The molecule has 1 saturated carbocycles. The smallest absolute Gasteiger partial charge is 0.297 e. The molecule has 1 unspecified atom stereocenters. The lowest BCUT2D eigenvalue weighted by atomic mass is 10.0. The quantitative estimate of drug-likeness (QED) is 0.771. The normalized spacial score (nSPS) is 22.4. The molecule has 1 aromatic carbocycles. The molecule has 1 atom stereocenters. The summed E-state index contributed by atoms with van der Waals surface area (Å²) in [6.07, 6.45) is 2.43. The highest BCUT2D eigenvalue weighted by atomic mass is 32.2. The fourth-order valence-corrected chi connectivity index (χ4v) is 6.25. The second-order valence-corrected chi connectivity index (χ2v) is 9.68. The number of nitrogens with two attached hydrogens (primary N) is 1. The minimum atomic E-state index is -3.60. The first-order valence-electron chi connectivity index (χ1n) is 9.19. The van der Waals surface area contributed by atoms with Crippen molar-refractivity contribution in [2.24, 2.45) is 10.7 Å². The number of aromatic nitrogens is 2. The van der Waals surface area contributed by atoms with Crippen LogP contribution in [0.1, 0.15) is 53.8 Å². The van der Waals surface area contributed by atoms with Crippen molar-refractivity contribution < 1.29 is 22.1 Å². The lowest BCUT2D eigenvalue weighted by molar-refractivity contribution is 0.101. The van der Waals surface area contributed by atoms with E-state index in [1.807, 2.05) is 0 Å². The Balaban J connectivity index is 1.64. The number of hydrogen-bond acceptors (Lipinski definition) is 8. The van der Waals surface area contributed by atoms with Crippen LogP contribution in [0.3, 0.4) is 0 Å². The minimum absolute atomic E-state index is 0.0439. The Morgan fingerprint density at radius 1 is 1.34 bits per heavy atom. The molecule has 1 fully saturated rings. The fourth-order valence-electron chi connectivity index (χ4n) is 3.98. The van der Waals surface area contributed by atoms with Crippen molar-refractivity contribution in [1.29, 1.82) is 0 Å². The Morgan fingerprint density at radius 2 is 2.07 bits per heavy atom. The van der Waals surface area contributed by atoms with Crippen LogP contribution in [-0.4, -0.2) is 40.8 Å². The van der Waals surface area contributed by atoms with Gasteiger partial charge in [-0.3, -0.25) is 9.79 Å². The number of amidine groups is 1. The molecular formula is C18H20FN5O4S. The number of hydrogen-bond donors (Lipinski definition) is 2. The second-order valence-electron chi connectivity index (χ2n) is 7.34. The summed E-state index contributed by atoms with van der Waals surface area (Å²) in [5, 5.41) is 6.06. The minimum Gasteiger partial charge on any atom is -0.386 e. The molecule has 1 spiro atoms. The van der Waals surface area contributed by atoms with Gasteiger partial charge in [0.05, 0.1) is 11.8 Å². The third-order valence-electron chi connectivity index (χ3n) is 5.49. The van der Waals surface area contributed by atoms with E-state index in [9.17, 15) is 17.6 Å². The predicted octanol–water partition coefficient (Wildman–Crippen LogP) is 1.91. The Labute approximate surface area is 166 Å². The maximum atomic E-state index is 14.5. The van der Waals surface area contributed by atoms with Crippen LogP contribution >= 0.6 is 0 Å². The van der Waals surface area contributed by atoms with Crippen molar-refractivity contribution in [2.45, 2.75) is 43.4 Å². The molecule has 11 heteroatoms. The Morgan fingerprint density at radius 3 is 2.69 bits per heavy atom. The van der Waals surface area contributed by atoms with E-state index in [4.69, 9.17) is 10.3 Å². The van der Waals surface area contributed by atoms with E-state index < -0.39 is 32.4 Å².